The molecule has 3 rings (SSSR count). The number of nitrogens with zero attached hydrogens (tertiary/aromatic N) is 2. The highest BCUT2D eigenvalue weighted by Crippen LogP contribution is 2.25. The second-order valence-corrected chi connectivity index (χ2v) is 8.30. The predicted octanol–water partition coefficient (Wildman–Crippen LogP) is 2.69. The van der Waals surface area contributed by atoms with Gasteiger partial charge in [-0.2, -0.15) is 0 Å². The summed E-state index contributed by atoms with van der Waals surface area (Å²) in [6.45, 7) is 1.78. The molecule has 0 spiro atoms. The summed E-state index contributed by atoms with van der Waals surface area (Å²) in [6, 6.07) is 16.3. The summed E-state index contributed by atoms with van der Waals surface area (Å²) in [5.74, 6) is -0.384. The van der Waals surface area contributed by atoms with Crippen molar-refractivity contribution in [2.24, 2.45) is 0 Å². The zero-order chi connectivity index (χ0) is 18.6. The number of para-hydroxylation sites is 1. The molecule has 0 bridgehead atoms. The number of sulfonamides is 1. The van der Waals surface area contributed by atoms with E-state index in [1.807, 2.05) is 18.2 Å². The lowest BCUT2D eigenvalue weighted by Crippen LogP contribution is -2.37. The summed E-state index contributed by atoms with van der Waals surface area (Å²) < 4.78 is 25.5. The Bertz CT molecular complexity index is 845. The third-order valence-electron chi connectivity index (χ3n) is 4.35. The third kappa shape index (κ3) is 4.54. The van der Waals surface area contributed by atoms with Crippen molar-refractivity contribution in [2.75, 3.05) is 40.4 Å². The zero-order valence-corrected chi connectivity index (χ0v) is 15.6. The Hall–Kier alpha value is -2.54. The normalized spacial score (nSPS) is 14.3. The van der Waals surface area contributed by atoms with Crippen LogP contribution >= 0.6 is 0 Å². The minimum Gasteiger partial charge on any atom is -0.372 e. The number of hydrogen-bond donors (Lipinski definition) is 1. The van der Waals surface area contributed by atoms with Crippen LogP contribution in [0.3, 0.4) is 0 Å². The van der Waals surface area contributed by atoms with Crippen molar-refractivity contribution in [2.45, 2.75) is 12.8 Å². The van der Waals surface area contributed by atoms with Crippen LogP contribution < -0.4 is 14.5 Å². The molecule has 6 nitrogen and oxygen atoms in total. The van der Waals surface area contributed by atoms with Crippen molar-refractivity contribution in [3.8, 4) is 0 Å². The molecule has 0 saturated carbocycles. The highest BCUT2D eigenvalue weighted by molar-refractivity contribution is 7.92. The van der Waals surface area contributed by atoms with Gasteiger partial charge in [-0.05, 0) is 49.2 Å². The van der Waals surface area contributed by atoms with E-state index in [-0.39, 0.29) is 12.5 Å². The van der Waals surface area contributed by atoms with Gasteiger partial charge in [-0.3, -0.25) is 9.10 Å². The second kappa shape index (κ2) is 7.78. The summed E-state index contributed by atoms with van der Waals surface area (Å²) in [6.07, 6.45) is 3.46. The lowest BCUT2D eigenvalue weighted by atomic mass is 10.2. The van der Waals surface area contributed by atoms with Gasteiger partial charge in [0.25, 0.3) is 0 Å². The summed E-state index contributed by atoms with van der Waals surface area (Å²) in [7, 11) is -3.58. The van der Waals surface area contributed by atoms with Gasteiger partial charge in [-0.15, -0.1) is 0 Å². The molecule has 7 heteroatoms. The van der Waals surface area contributed by atoms with Crippen LogP contribution in [-0.2, 0) is 14.8 Å². The average molecular weight is 373 g/mol. The van der Waals surface area contributed by atoms with E-state index in [4.69, 9.17) is 0 Å². The minimum absolute atomic E-state index is 0.267. The van der Waals surface area contributed by atoms with E-state index in [0.29, 0.717) is 11.4 Å². The van der Waals surface area contributed by atoms with Gasteiger partial charge in [0.15, 0.2) is 0 Å². The highest BCUT2D eigenvalue weighted by atomic mass is 32.2. The monoisotopic (exact) mass is 373 g/mol. The lowest BCUT2D eigenvalue weighted by Gasteiger charge is -2.23. The molecule has 1 N–H and O–H groups in total. The van der Waals surface area contributed by atoms with Gasteiger partial charge in [0.05, 0.1) is 11.9 Å². The quantitative estimate of drug-likeness (QED) is 0.845. The smallest absolute Gasteiger partial charge is 0.245 e. The summed E-state index contributed by atoms with van der Waals surface area (Å²) in [5, 5.41) is 2.72. The molecule has 0 aromatic heterocycles. The van der Waals surface area contributed by atoms with Crippen LogP contribution in [-0.4, -0.2) is 40.2 Å². The van der Waals surface area contributed by atoms with Crippen molar-refractivity contribution in [1.29, 1.82) is 0 Å². The maximum Gasteiger partial charge on any atom is 0.245 e. The molecule has 1 aliphatic heterocycles. The maximum atomic E-state index is 12.3. The molecule has 1 heterocycles. The van der Waals surface area contributed by atoms with Crippen molar-refractivity contribution in [3.05, 3.63) is 54.6 Å². The summed E-state index contributed by atoms with van der Waals surface area (Å²) >= 11 is 0. The van der Waals surface area contributed by atoms with E-state index in [0.717, 1.165) is 29.3 Å². The van der Waals surface area contributed by atoms with Gasteiger partial charge in [0.1, 0.15) is 6.54 Å². The molecule has 1 saturated heterocycles. The molecule has 1 aliphatic rings. The Labute approximate surface area is 154 Å². The Morgan fingerprint density at radius 1 is 1.04 bits per heavy atom. The van der Waals surface area contributed by atoms with Gasteiger partial charge in [-0.25, -0.2) is 8.42 Å². The lowest BCUT2D eigenvalue weighted by molar-refractivity contribution is -0.114. The van der Waals surface area contributed by atoms with Crippen molar-refractivity contribution in [1.82, 2.24) is 0 Å². The van der Waals surface area contributed by atoms with Crippen LogP contribution in [0.25, 0.3) is 0 Å². The van der Waals surface area contributed by atoms with E-state index in [2.05, 4.69) is 10.2 Å². The molecular formula is C19H23N3O3S. The fourth-order valence-electron chi connectivity index (χ4n) is 3.06. The number of carbonyl (C=O) groups is 1. The number of benzene rings is 2. The number of hydrogen-bond acceptors (Lipinski definition) is 4. The molecule has 1 amide bonds. The molecule has 0 atom stereocenters. The standard InChI is InChI=1S/C19H23N3O3S/c1-26(24,25)22(15-19(23)20-16-7-3-2-4-8-16)18-11-9-17(10-12-18)21-13-5-6-14-21/h2-4,7-12H,5-6,13-15H2,1H3,(H,20,23). The summed E-state index contributed by atoms with van der Waals surface area (Å²) in [5.41, 5.74) is 2.20. The number of anilines is 3. The van der Waals surface area contributed by atoms with Crippen LogP contribution in [0.15, 0.2) is 54.6 Å². The first-order chi connectivity index (χ1) is 12.4. The Balaban J connectivity index is 1.74. The average Bonchev–Trinajstić information content (AvgIpc) is 3.14. The maximum absolute atomic E-state index is 12.3. The van der Waals surface area contributed by atoms with Crippen molar-refractivity contribution >= 4 is 33.0 Å². The van der Waals surface area contributed by atoms with Gasteiger partial charge >= 0.3 is 0 Å². The zero-order valence-electron chi connectivity index (χ0n) is 14.8. The van der Waals surface area contributed by atoms with Crippen molar-refractivity contribution in [3.63, 3.8) is 0 Å². The van der Waals surface area contributed by atoms with Crippen molar-refractivity contribution < 1.29 is 13.2 Å². The topological polar surface area (TPSA) is 69.7 Å². The first-order valence-electron chi connectivity index (χ1n) is 8.61. The Kier molecular flexibility index (Phi) is 5.46. The van der Waals surface area contributed by atoms with Crippen LogP contribution in [0.5, 0.6) is 0 Å². The number of carbonyl (C=O) groups excluding carboxylic acids is 1. The van der Waals surface area contributed by atoms with E-state index in [1.54, 1.807) is 36.4 Å². The predicted molar refractivity (Wildman–Crippen MR) is 105 cm³/mol. The van der Waals surface area contributed by atoms with E-state index in [1.165, 1.54) is 12.8 Å². The van der Waals surface area contributed by atoms with E-state index in [9.17, 15) is 13.2 Å². The van der Waals surface area contributed by atoms with E-state index >= 15 is 0 Å². The Morgan fingerprint density at radius 3 is 2.23 bits per heavy atom. The molecule has 0 radical (unpaired) electrons. The van der Waals surface area contributed by atoms with Crippen LogP contribution in [0, 0.1) is 0 Å². The van der Waals surface area contributed by atoms with Crippen LogP contribution in [0.4, 0.5) is 17.1 Å². The van der Waals surface area contributed by atoms with Gasteiger partial charge in [0.2, 0.25) is 15.9 Å². The molecule has 2 aromatic carbocycles. The first kappa shape index (κ1) is 18.3. The highest BCUT2D eigenvalue weighted by Gasteiger charge is 2.21. The number of amides is 1. The molecule has 26 heavy (non-hydrogen) atoms. The van der Waals surface area contributed by atoms with Crippen LogP contribution in [0.1, 0.15) is 12.8 Å². The molecule has 2 aromatic rings. The van der Waals surface area contributed by atoms with Gasteiger partial charge < -0.3 is 10.2 Å². The van der Waals surface area contributed by atoms with Gasteiger partial charge in [-0.1, -0.05) is 18.2 Å². The number of nitrogens with one attached hydrogen (secondary N) is 1. The number of rotatable bonds is 6. The molecule has 138 valence electrons. The third-order valence-corrected chi connectivity index (χ3v) is 5.49. The molecule has 0 aliphatic carbocycles. The fraction of sp³-hybridized carbons (Fsp3) is 0.316. The van der Waals surface area contributed by atoms with E-state index < -0.39 is 10.0 Å². The molecule has 0 unspecified atom stereocenters. The SMILES string of the molecule is CS(=O)(=O)N(CC(=O)Nc1ccccc1)c1ccc(N2CCCC2)cc1. The fourth-order valence-corrected chi connectivity index (χ4v) is 3.91. The van der Waals surface area contributed by atoms with Gasteiger partial charge in [0, 0.05) is 24.5 Å². The Morgan fingerprint density at radius 2 is 1.65 bits per heavy atom. The molecule has 1 fully saturated rings. The second-order valence-electron chi connectivity index (χ2n) is 6.39. The minimum atomic E-state index is -3.58. The largest absolute Gasteiger partial charge is 0.372 e. The first-order valence-corrected chi connectivity index (χ1v) is 10.5. The van der Waals surface area contributed by atoms with Crippen LogP contribution in [0.2, 0.25) is 0 Å². The molecular weight excluding hydrogens is 350 g/mol. The summed E-state index contributed by atoms with van der Waals surface area (Å²) in [4.78, 5) is 14.6.